The highest BCUT2D eigenvalue weighted by atomic mass is 16.4. The van der Waals surface area contributed by atoms with Crippen LogP contribution in [0.3, 0.4) is 0 Å². The summed E-state index contributed by atoms with van der Waals surface area (Å²) in [6.45, 7) is 11.6. The van der Waals surface area contributed by atoms with Crippen molar-refractivity contribution in [2.75, 3.05) is 6.54 Å². The minimum atomic E-state index is -1.22. The summed E-state index contributed by atoms with van der Waals surface area (Å²) in [5.41, 5.74) is 0.825. The van der Waals surface area contributed by atoms with Crippen LogP contribution in [0, 0.1) is 11.8 Å². The maximum Gasteiger partial charge on any atom is 0.325 e. The van der Waals surface area contributed by atoms with E-state index in [1.807, 2.05) is 44.2 Å². The molecule has 0 spiro atoms. The molecule has 0 aliphatic carbocycles. The lowest BCUT2D eigenvalue weighted by atomic mass is 9.98. The van der Waals surface area contributed by atoms with Gasteiger partial charge in [-0.15, -0.1) is 0 Å². The number of nitrogens with one attached hydrogen (secondary N) is 5. The third-order valence-corrected chi connectivity index (χ3v) is 7.87. The number of carbonyl (C=O) groups excluding carboxylic acids is 6. The van der Waals surface area contributed by atoms with Gasteiger partial charge in [0.2, 0.25) is 35.4 Å². The van der Waals surface area contributed by atoms with Crippen molar-refractivity contribution in [3.63, 3.8) is 0 Å². The fourth-order valence-electron chi connectivity index (χ4n) is 5.30. The van der Waals surface area contributed by atoms with Crippen molar-refractivity contribution < 1.29 is 38.7 Å². The number of benzene rings is 1. The molecule has 0 bridgehead atoms. The largest absolute Gasteiger partial charge is 0.480 e. The van der Waals surface area contributed by atoms with Crippen LogP contribution < -0.4 is 26.6 Å². The highest BCUT2D eigenvalue weighted by Crippen LogP contribution is 2.21. The van der Waals surface area contributed by atoms with Crippen LogP contribution in [0.4, 0.5) is 0 Å². The maximum absolute atomic E-state index is 13.8. The molecular weight excluding hydrogens is 608 g/mol. The Labute approximate surface area is 276 Å². The molecule has 1 aromatic rings. The number of carboxylic acid groups (broad SMARTS) is 1. The molecule has 6 amide bonds. The minimum absolute atomic E-state index is 0.00285. The van der Waals surface area contributed by atoms with Crippen LogP contribution in [0.5, 0.6) is 0 Å². The third-order valence-electron chi connectivity index (χ3n) is 7.87. The summed E-state index contributed by atoms with van der Waals surface area (Å²) >= 11 is 0. The smallest absolute Gasteiger partial charge is 0.325 e. The van der Waals surface area contributed by atoms with Crippen LogP contribution >= 0.6 is 0 Å². The molecule has 0 aromatic heterocycles. The van der Waals surface area contributed by atoms with Crippen molar-refractivity contribution >= 4 is 41.4 Å². The average molecular weight is 659 g/mol. The van der Waals surface area contributed by atoms with E-state index in [4.69, 9.17) is 5.11 Å². The van der Waals surface area contributed by atoms with E-state index >= 15 is 0 Å². The number of nitrogens with zero attached hydrogens (tertiary/aromatic N) is 1. The SMILES string of the molecule is CC(=O)N[C@@H](Cc1ccccc1)C(=O)N[C@@H](CC(C)C)C(=O)N[C@H](C(=O)N1CCC[C@H]1C(=O)N[C@@H](C)C(=O)N[C@@H](C)C(=O)O)C(C)C. The first-order valence-corrected chi connectivity index (χ1v) is 16.1. The summed E-state index contributed by atoms with van der Waals surface area (Å²) in [7, 11) is 0. The zero-order valence-electron chi connectivity index (χ0n) is 28.3. The summed E-state index contributed by atoms with van der Waals surface area (Å²) in [5.74, 6) is -4.83. The van der Waals surface area contributed by atoms with E-state index in [1.54, 1.807) is 13.8 Å². The molecule has 1 aliphatic heterocycles. The summed E-state index contributed by atoms with van der Waals surface area (Å²) in [4.78, 5) is 90.8. The molecule has 1 heterocycles. The first-order chi connectivity index (χ1) is 22.0. The van der Waals surface area contributed by atoms with Gasteiger partial charge in [-0.1, -0.05) is 58.0 Å². The second-order valence-corrected chi connectivity index (χ2v) is 12.9. The number of hydrogen-bond acceptors (Lipinski definition) is 7. The van der Waals surface area contributed by atoms with Gasteiger partial charge in [0.15, 0.2) is 0 Å². The number of likely N-dealkylation sites (tertiary alicyclic amines) is 1. The molecule has 0 radical (unpaired) electrons. The van der Waals surface area contributed by atoms with Crippen molar-refractivity contribution in [2.45, 2.75) is 110 Å². The lowest BCUT2D eigenvalue weighted by molar-refractivity contribution is -0.144. The van der Waals surface area contributed by atoms with E-state index in [1.165, 1.54) is 25.7 Å². The van der Waals surface area contributed by atoms with Gasteiger partial charge in [0, 0.05) is 19.9 Å². The van der Waals surface area contributed by atoms with Gasteiger partial charge in [-0.2, -0.15) is 0 Å². The Hall–Kier alpha value is -4.49. The molecule has 1 aliphatic rings. The summed E-state index contributed by atoms with van der Waals surface area (Å²) < 4.78 is 0. The number of carboxylic acids is 1. The van der Waals surface area contributed by atoms with Crippen molar-refractivity contribution in [1.29, 1.82) is 0 Å². The van der Waals surface area contributed by atoms with Crippen LogP contribution in [0.1, 0.15) is 73.3 Å². The highest BCUT2D eigenvalue weighted by Gasteiger charge is 2.40. The Morgan fingerprint density at radius 1 is 0.787 bits per heavy atom. The average Bonchev–Trinajstić information content (AvgIpc) is 3.49. The van der Waals surface area contributed by atoms with Crippen LogP contribution in [0.15, 0.2) is 30.3 Å². The molecule has 14 nitrogen and oxygen atoms in total. The molecule has 14 heteroatoms. The van der Waals surface area contributed by atoms with Crippen molar-refractivity contribution in [2.24, 2.45) is 11.8 Å². The monoisotopic (exact) mass is 658 g/mol. The molecule has 0 unspecified atom stereocenters. The fraction of sp³-hybridized carbons (Fsp3) is 0.606. The molecule has 2 rings (SSSR count). The molecule has 1 fully saturated rings. The predicted molar refractivity (Wildman–Crippen MR) is 173 cm³/mol. The third kappa shape index (κ3) is 12.0. The van der Waals surface area contributed by atoms with E-state index in [0.717, 1.165) is 5.56 Å². The van der Waals surface area contributed by atoms with Crippen LogP contribution in [-0.2, 0) is 40.0 Å². The van der Waals surface area contributed by atoms with E-state index in [9.17, 15) is 33.6 Å². The Morgan fingerprint density at radius 3 is 1.96 bits per heavy atom. The Kier molecular flexibility index (Phi) is 14.8. The molecule has 0 saturated carbocycles. The zero-order valence-corrected chi connectivity index (χ0v) is 28.3. The summed E-state index contributed by atoms with van der Waals surface area (Å²) in [5, 5.41) is 22.1. The van der Waals surface area contributed by atoms with Gasteiger partial charge in [-0.05, 0) is 50.5 Å². The number of carbonyl (C=O) groups is 7. The topological polar surface area (TPSA) is 203 Å². The number of hydrogen-bond donors (Lipinski definition) is 6. The van der Waals surface area contributed by atoms with Gasteiger partial charge in [-0.3, -0.25) is 33.6 Å². The predicted octanol–water partition coefficient (Wildman–Crippen LogP) is 0.491. The van der Waals surface area contributed by atoms with Gasteiger partial charge in [0.05, 0.1) is 0 Å². The van der Waals surface area contributed by atoms with Crippen molar-refractivity contribution in [3.05, 3.63) is 35.9 Å². The first-order valence-electron chi connectivity index (χ1n) is 16.1. The van der Waals surface area contributed by atoms with E-state index in [0.29, 0.717) is 12.8 Å². The molecular formula is C33H50N6O8. The van der Waals surface area contributed by atoms with E-state index in [-0.39, 0.29) is 31.2 Å². The van der Waals surface area contributed by atoms with Gasteiger partial charge in [0.25, 0.3) is 0 Å². The fourth-order valence-corrected chi connectivity index (χ4v) is 5.30. The van der Waals surface area contributed by atoms with E-state index in [2.05, 4.69) is 26.6 Å². The van der Waals surface area contributed by atoms with E-state index < -0.39 is 77.7 Å². The quantitative estimate of drug-likeness (QED) is 0.147. The molecule has 1 saturated heterocycles. The number of aliphatic carboxylic acids is 1. The second kappa shape index (κ2) is 18.0. The van der Waals surface area contributed by atoms with Crippen LogP contribution in [-0.4, -0.2) is 94.2 Å². The van der Waals surface area contributed by atoms with Crippen LogP contribution in [0.25, 0.3) is 0 Å². The highest BCUT2D eigenvalue weighted by molar-refractivity contribution is 5.97. The molecule has 47 heavy (non-hydrogen) atoms. The molecule has 260 valence electrons. The zero-order chi connectivity index (χ0) is 35.4. The molecule has 1 aromatic carbocycles. The first kappa shape index (κ1) is 38.7. The Bertz CT molecular complexity index is 1290. The van der Waals surface area contributed by atoms with Gasteiger partial charge in [0.1, 0.15) is 36.3 Å². The number of rotatable bonds is 16. The standard InChI is InChI=1S/C33H50N6O8/c1-18(2)16-24(37-29(42)25(36-22(7)40)17-23-12-9-8-10-13-23)30(43)38-27(19(3)4)32(45)39-15-11-14-26(39)31(44)34-20(5)28(41)35-21(6)33(46)47/h8-10,12-13,18-21,24-27H,11,14-17H2,1-7H3,(H,34,44)(H,35,41)(H,36,40)(H,37,42)(H,38,43)(H,46,47)/t20-,21-,24-,25-,26-,27-/m0/s1. The van der Waals surface area contributed by atoms with Gasteiger partial charge >= 0.3 is 5.97 Å². The number of amides is 6. The van der Waals surface area contributed by atoms with Crippen molar-refractivity contribution in [1.82, 2.24) is 31.5 Å². The Balaban J connectivity index is 2.18. The minimum Gasteiger partial charge on any atom is -0.480 e. The summed E-state index contributed by atoms with van der Waals surface area (Å²) in [6, 6.07) is 3.11. The van der Waals surface area contributed by atoms with Crippen molar-refractivity contribution in [3.8, 4) is 0 Å². The normalized spacial score (nSPS) is 17.6. The maximum atomic E-state index is 13.8. The molecule has 6 atom stereocenters. The van der Waals surface area contributed by atoms with Crippen LogP contribution in [0.2, 0.25) is 0 Å². The Morgan fingerprint density at radius 2 is 1.40 bits per heavy atom. The lowest BCUT2D eigenvalue weighted by Crippen LogP contribution is -2.60. The lowest BCUT2D eigenvalue weighted by Gasteiger charge is -2.32. The van der Waals surface area contributed by atoms with Gasteiger partial charge in [-0.25, -0.2) is 0 Å². The summed E-state index contributed by atoms with van der Waals surface area (Å²) in [6.07, 6.45) is 1.35. The van der Waals surface area contributed by atoms with Gasteiger partial charge < -0.3 is 36.6 Å². The second-order valence-electron chi connectivity index (χ2n) is 12.9. The molecule has 6 N–H and O–H groups in total.